The first kappa shape index (κ1) is 34.8. The Kier molecular flexibility index (Phi) is 8.58. The number of aryl methyl sites for hydroxylation is 1. The molecule has 3 fully saturated rings. The molecular weight excluding hydrogens is 702 g/mol. The van der Waals surface area contributed by atoms with Gasteiger partial charge in [0.2, 0.25) is 17.6 Å². The normalized spacial score (nSPS) is 29.3. The van der Waals surface area contributed by atoms with Crippen molar-refractivity contribution in [1.29, 1.82) is 0 Å². The van der Waals surface area contributed by atoms with Gasteiger partial charge >= 0.3 is 5.97 Å². The van der Waals surface area contributed by atoms with E-state index >= 15 is 8.78 Å². The predicted octanol–water partition coefficient (Wildman–Crippen LogP) is 5.60. The molecule has 2 N–H and O–H groups in total. The average molecular weight is 729 g/mol. The van der Waals surface area contributed by atoms with Gasteiger partial charge in [-0.25, -0.2) is 26.9 Å². The van der Waals surface area contributed by atoms with Gasteiger partial charge in [-0.2, -0.15) is 0 Å². The van der Waals surface area contributed by atoms with Crippen LogP contribution in [0.3, 0.4) is 0 Å². The number of rotatable bonds is 8. The number of aromatic hydroxyl groups is 1. The van der Waals surface area contributed by atoms with Gasteiger partial charge in [0, 0.05) is 24.4 Å². The summed E-state index contributed by atoms with van der Waals surface area (Å²) < 4.78 is 73.0. The Hall–Kier alpha value is -4.04. The van der Waals surface area contributed by atoms with Crippen LogP contribution in [0, 0.1) is 53.8 Å². The second-order valence-corrected chi connectivity index (χ2v) is 14.0. The number of carboxylic acid groups (broad SMARTS) is 1. The van der Waals surface area contributed by atoms with E-state index in [1.807, 2.05) is 0 Å². The molecule has 0 spiro atoms. The third-order valence-corrected chi connectivity index (χ3v) is 11.6. The number of carbonyl (C=O) groups is 5. The summed E-state index contributed by atoms with van der Waals surface area (Å²) in [6.07, 6.45) is 1.78. The van der Waals surface area contributed by atoms with Gasteiger partial charge in [0.05, 0.1) is 11.8 Å². The number of nitrogens with zero attached hydrogens (tertiary/aromatic N) is 2. The van der Waals surface area contributed by atoms with Crippen molar-refractivity contribution in [3.63, 3.8) is 0 Å². The maximum Gasteiger partial charge on any atom is 0.303 e. The van der Waals surface area contributed by atoms with Crippen LogP contribution in [0.4, 0.5) is 27.6 Å². The number of unbranched alkanes of at least 4 members (excludes halogenated alkanes) is 2. The molecule has 0 bridgehead atoms. The maximum absolute atomic E-state index is 15.1. The molecule has 2 aliphatic carbocycles. The quantitative estimate of drug-likeness (QED) is 0.0688. The van der Waals surface area contributed by atoms with Gasteiger partial charge in [-0.15, -0.1) is 23.2 Å². The minimum Gasteiger partial charge on any atom is -0.507 e. The third-order valence-electron chi connectivity index (χ3n) is 10.2. The van der Waals surface area contributed by atoms with E-state index in [-0.39, 0.29) is 41.0 Å². The highest BCUT2D eigenvalue weighted by molar-refractivity contribution is 6.58. The second-order valence-electron chi connectivity index (χ2n) is 12.7. The van der Waals surface area contributed by atoms with Gasteiger partial charge in [-0.3, -0.25) is 28.9 Å². The molecular formula is C33H27Cl2F5N2O7. The van der Waals surface area contributed by atoms with Crippen LogP contribution in [0.2, 0.25) is 0 Å². The molecule has 2 aromatic rings. The van der Waals surface area contributed by atoms with E-state index in [0.717, 1.165) is 4.90 Å². The van der Waals surface area contributed by atoms with Crippen molar-refractivity contribution in [3.8, 4) is 5.75 Å². The molecule has 6 rings (SSSR count). The minimum absolute atomic E-state index is 0.0225. The first-order valence-electron chi connectivity index (χ1n) is 15.3. The van der Waals surface area contributed by atoms with Gasteiger partial charge in [0.15, 0.2) is 33.0 Å². The summed E-state index contributed by atoms with van der Waals surface area (Å²) >= 11 is 14.1. The smallest absolute Gasteiger partial charge is 0.303 e. The predicted molar refractivity (Wildman–Crippen MR) is 162 cm³/mol. The fraction of sp³-hybridized carbons (Fsp3) is 0.424. The molecule has 9 nitrogen and oxygen atoms in total. The number of benzene rings is 2. The summed E-state index contributed by atoms with van der Waals surface area (Å²) in [5.41, 5.74) is -1.45. The number of para-hydroxylation sites is 1. The number of carbonyl (C=O) groups excluding carboxylic acids is 4. The Labute approximate surface area is 285 Å². The lowest BCUT2D eigenvalue weighted by Gasteiger charge is -2.50. The van der Waals surface area contributed by atoms with Gasteiger partial charge in [0.25, 0.3) is 11.8 Å². The Bertz CT molecular complexity index is 1860. The number of hydrogen-bond donors (Lipinski definition) is 2. The Balaban J connectivity index is 1.48. The molecule has 2 heterocycles. The molecule has 1 saturated carbocycles. The number of amides is 4. The molecule has 2 aromatic carbocycles. The van der Waals surface area contributed by atoms with Crippen molar-refractivity contribution >= 4 is 58.5 Å². The van der Waals surface area contributed by atoms with Crippen LogP contribution < -0.4 is 4.90 Å². The van der Waals surface area contributed by atoms with E-state index in [1.165, 1.54) is 25.1 Å². The van der Waals surface area contributed by atoms with Gasteiger partial charge in [-0.1, -0.05) is 36.3 Å². The van der Waals surface area contributed by atoms with Crippen LogP contribution in [-0.2, 0) is 24.0 Å². The zero-order valence-corrected chi connectivity index (χ0v) is 27.1. The number of phenolic OH excluding ortho intramolecular Hbond substituents is 1. The minimum atomic E-state index is -2.73. The van der Waals surface area contributed by atoms with Crippen LogP contribution in [0.1, 0.15) is 55.6 Å². The molecule has 2 aliphatic heterocycles. The molecule has 4 aliphatic rings. The molecule has 0 unspecified atom stereocenters. The van der Waals surface area contributed by atoms with Crippen LogP contribution in [-0.4, -0.2) is 61.0 Å². The number of carboxylic acids is 1. The molecule has 260 valence electrons. The highest BCUT2D eigenvalue weighted by atomic mass is 35.5. The molecule has 0 aromatic heterocycles. The van der Waals surface area contributed by atoms with E-state index in [0.29, 0.717) is 19.3 Å². The Morgan fingerprint density at radius 3 is 2.16 bits per heavy atom. The topological polar surface area (TPSA) is 132 Å². The molecule has 6 atom stereocenters. The highest BCUT2D eigenvalue weighted by Crippen LogP contribution is 2.66. The monoisotopic (exact) mass is 728 g/mol. The van der Waals surface area contributed by atoms with E-state index in [1.54, 1.807) is 6.08 Å². The highest BCUT2D eigenvalue weighted by Gasteiger charge is 2.77. The number of aliphatic carboxylic acids is 1. The lowest BCUT2D eigenvalue weighted by molar-refractivity contribution is -0.141. The number of alkyl halides is 2. The maximum atomic E-state index is 15.1. The van der Waals surface area contributed by atoms with Crippen molar-refractivity contribution in [2.75, 3.05) is 11.4 Å². The molecule has 2 saturated heterocycles. The van der Waals surface area contributed by atoms with E-state index in [9.17, 15) is 42.3 Å². The fourth-order valence-corrected chi connectivity index (χ4v) is 8.76. The number of fused-ring (bicyclic) bond motifs is 4. The molecule has 4 amide bonds. The summed E-state index contributed by atoms with van der Waals surface area (Å²) in [5, 5.41) is 20.1. The van der Waals surface area contributed by atoms with Crippen molar-refractivity contribution in [2.45, 2.75) is 61.1 Å². The van der Waals surface area contributed by atoms with Crippen LogP contribution in [0.15, 0.2) is 29.8 Å². The zero-order valence-electron chi connectivity index (χ0n) is 25.5. The van der Waals surface area contributed by atoms with E-state index in [2.05, 4.69) is 0 Å². The van der Waals surface area contributed by atoms with Crippen molar-refractivity contribution < 1.29 is 56.1 Å². The lowest BCUT2D eigenvalue weighted by Crippen LogP contribution is -2.60. The summed E-state index contributed by atoms with van der Waals surface area (Å²) in [6, 6.07) is 4.35. The lowest BCUT2D eigenvalue weighted by atomic mass is 9.56. The Morgan fingerprint density at radius 1 is 0.898 bits per heavy atom. The zero-order chi connectivity index (χ0) is 35.9. The first-order chi connectivity index (χ1) is 23.0. The summed E-state index contributed by atoms with van der Waals surface area (Å²) in [7, 11) is 0. The van der Waals surface area contributed by atoms with Gasteiger partial charge in [0.1, 0.15) is 11.4 Å². The number of anilines is 1. The van der Waals surface area contributed by atoms with Gasteiger partial charge < -0.3 is 10.2 Å². The summed E-state index contributed by atoms with van der Waals surface area (Å²) in [4.78, 5) is 62.1. The second kappa shape index (κ2) is 12.1. The van der Waals surface area contributed by atoms with Gasteiger partial charge in [-0.05, 0) is 44.1 Å². The third kappa shape index (κ3) is 4.80. The summed E-state index contributed by atoms with van der Waals surface area (Å²) in [6.45, 7) is 1.49. The molecule has 0 radical (unpaired) electrons. The van der Waals surface area contributed by atoms with E-state index < -0.39 is 110 Å². The number of hydrogen-bond acceptors (Lipinski definition) is 6. The first-order valence-corrected chi connectivity index (χ1v) is 16.1. The SMILES string of the molecule is Cc1cccc([C@H]2C3=CC[C@@H]4C(=O)N(CCCCCC(=O)O)C(=O)[C@@H]4[C@@H]3C[C@@]3(Cl)C(=O)N(c4c(F)c(F)c(F)c(F)c4F)C(=O)[C@@]23Cl)c1O. The van der Waals surface area contributed by atoms with Crippen LogP contribution >= 0.6 is 23.2 Å². The largest absolute Gasteiger partial charge is 0.507 e. The Morgan fingerprint density at radius 2 is 1.53 bits per heavy atom. The van der Waals surface area contributed by atoms with Crippen molar-refractivity contribution in [3.05, 3.63) is 70.1 Å². The molecule has 16 heteroatoms. The van der Waals surface area contributed by atoms with Crippen LogP contribution in [0.25, 0.3) is 0 Å². The van der Waals surface area contributed by atoms with Crippen LogP contribution in [0.5, 0.6) is 5.75 Å². The van der Waals surface area contributed by atoms with Crippen molar-refractivity contribution in [1.82, 2.24) is 4.90 Å². The number of imide groups is 2. The number of likely N-dealkylation sites (tertiary alicyclic amines) is 1. The summed E-state index contributed by atoms with van der Waals surface area (Å²) in [5.74, 6) is -22.9. The number of halogens is 7. The standard InChI is InChI=1S/C33H27Cl2F5N2O7/c1-13-6-5-7-16(27(13)45)20-14-9-10-15-19(29(47)41(28(15)46)11-4-2-3-8-18(43)44)17(14)12-32(34)30(48)42(31(49)33(20,32)35)26-24(39)22(37)21(36)23(38)25(26)40/h5-7,9,15,17,19-20,45H,2-4,8,10-12H2,1H3,(H,43,44)/t15-,17+,19-,20+,32+,33-/m0/s1. The fourth-order valence-electron chi connectivity index (χ4n) is 7.84. The number of allylic oxidation sites excluding steroid dienone is 2. The van der Waals surface area contributed by atoms with E-state index in [4.69, 9.17) is 28.3 Å². The number of phenols is 1. The van der Waals surface area contributed by atoms with Crippen molar-refractivity contribution in [2.24, 2.45) is 17.8 Å². The molecule has 49 heavy (non-hydrogen) atoms. The average Bonchev–Trinajstić information content (AvgIpc) is 3.38.